The van der Waals surface area contributed by atoms with Crippen LogP contribution in [0.3, 0.4) is 0 Å². The molecule has 0 bridgehead atoms. The number of hydrogen-bond donors (Lipinski definition) is 1. The molecule has 3 rings (SSSR count). The van der Waals surface area contributed by atoms with Gasteiger partial charge in [0.2, 0.25) is 0 Å². The first kappa shape index (κ1) is 20.5. The highest BCUT2D eigenvalue weighted by Gasteiger charge is 2.35. The molecule has 0 atom stereocenters. The van der Waals surface area contributed by atoms with E-state index in [1.54, 1.807) is 30.3 Å². The lowest BCUT2D eigenvalue weighted by Crippen LogP contribution is -2.54. The summed E-state index contributed by atoms with van der Waals surface area (Å²) >= 11 is 5.25. The van der Waals surface area contributed by atoms with E-state index in [9.17, 15) is 9.59 Å². The number of thiocarbonyl (C=S) groups is 1. The Balaban J connectivity index is 1.95. The largest absolute Gasteiger partial charge is 0.495 e. The van der Waals surface area contributed by atoms with E-state index in [-0.39, 0.29) is 10.7 Å². The van der Waals surface area contributed by atoms with Crippen LogP contribution in [0.5, 0.6) is 5.75 Å². The highest BCUT2D eigenvalue weighted by atomic mass is 32.1. The van der Waals surface area contributed by atoms with Crippen molar-refractivity contribution in [3.05, 3.63) is 59.7 Å². The quantitative estimate of drug-likeness (QED) is 0.450. The molecule has 0 spiro atoms. The molecule has 2 aromatic rings. The molecule has 1 aliphatic heterocycles. The van der Waals surface area contributed by atoms with Crippen LogP contribution in [-0.2, 0) is 9.59 Å². The first-order valence-electron chi connectivity index (χ1n) is 9.39. The van der Waals surface area contributed by atoms with E-state index < -0.39 is 11.8 Å². The van der Waals surface area contributed by atoms with Gasteiger partial charge < -0.3 is 9.64 Å². The molecule has 29 heavy (non-hydrogen) atoms. The van der Waals surface area contributed by atoms with Crippen molar-refractivity contribution in [1.82, 2.24) is 5.32 Å². The number of carbonyl (C=O) groups excluding carboxylic acids is 2. The molecule has 1 aliphatic rings. The number of amides is 2. The first-order valence-corrected chi connectivity index (χ1v) is 9.80. The third-order valence-corrected chi connectivity index (χ3v) is 5.05. The standard InChI is InChI=1S/C22H23N3O3S/c1-4-24(5-2)16-12-10-15(11-13-16)14-17-20(26)23-22(29)25(21(17)27)18-8-6-7-9-19(18)28-3/h6-14H,4-5H2,1-3H3,(H,23,26,29)/b17-14-. The van der Waals surface area contributed by atoms with E-state index in [1.807, 2.05) is 24.3 Å². The Morgan fingerprint density at radius 1 is 1.07 bits per heavy atom. The zero-order chi connectivity index (χ0) is 21.0. The molecular formula is C22H23N3O3S. The van der Waals surface area contributed by atoms with Crippen molar-refractivity contribution in [3.63, 3.8) is 0 Å². The topological polar surface area (TPSA) is 61.9 Å². The van der Waals surface area contributed by atoms with Crippen LogP contribution >= 0.6 is 12.2 Å². The number of ether oxygens (including phenoxy) is 1. The second kappa shape index (κ2) is 8.87. The lowest BCUT2D eigenvalue weighted by Gasteiger charge is -2.29. The van der Waals surface area contributed by atoms with E-state index in [1.165, 1.54) is 12.0 Å². The van der Waals surface area contributed by atoms with E-state index in [0.29, 0.717) is 11.4 Å². The van der Waals surface area contributed by atoms with Gasteiger partial charge in [0.15, 0.2) is 5.11 Å². The van der Waals surface area contributed by atoms with Gasteiger partial charge in [0.05, 0.1) is 12.8 Å². The van der Waals surface area contributed by atoms with Crippen molar-refractivity contribution < 1.29 is 14.3 Å². The van der Waals surface area contributed by atoms with Gasteiger partial charge >= 0.3 is 0 Å². The van der Waals surface area contributed by atoms with Crippen molar-refractivity contribution >= 4 is 46.6 Å². The summed E-state index contributed by atoms with van der Waals surface area (Å²) in [4.78, 5) is 29.1. The van der Waals surface area contributed by atoms with Crippen LogP contribution in [0.2, 0.25) is 0 Å². The Hall–Kier alpha value is -3.19. The number of nitrogens with one attached hydrogen (secondary N) is 1. The fraction of sp³-hybridized carbons (Fsp3) is 0.227. The predicted molar refractivity (Wildman–Crippen MR) is 119 cm³/mol. The van der Waals surface area contributed by atoms with Crippen molar-refractivity contribution in [2.75, 3.05) is 30.0 Å². The minimum absolute atomic E-state index is 0.0140. The number of para-hydroxylation sites is 2. The third-order valence-electron chi connectivity index (χ3n) is 4.76. The van der Waals surface area contributed by atoms with Gasteiger partial charge in [0.1, 0.15) is 11.3 Å². The van der Waals surface area contributed by atoms with Crippen LogP contribution in [0.15, 0.2) is 54.1 Å². The Kier molecular flexibility index (Phi) is 6.29. The maximum absolute atomic E-state index is 13.1. The lowest BCUT2D eigenvalue weighted by atomic mass is 10.1. The Morgan fingerprint density at radius 3 is 2.34 bits per heavy atom. The molecule has 7 heteroatoms. The van der Waals surface area contributed by atoms with Crippen molar-refractivity contribution in [2.45, 2.75) is 13.8 Å². The Labute approximate surface area is 175 Å². The second-order valence-corrected chi connectivity index (χ2v) is 6.78. The van der Waals surface area contributed by atoms with Crippen LogP contribution in [-0.4, -0.2) is 37.1 Å². The fourth-order valence-electron chi connectivity index (χ4n) is 3.23. The molecule has 1 heterocycles. The van der Waals surface area contributed by atoms with Gasteiger partial charge in [0, 0.05) is 18.8 Å². The third kappa shape index (κ3) is 4.14. The molecule has 0 aliphatic carbocycles. The zero-order valence-electron chi connectivity index (χ0n) is 16.6. The molecule has 0 radical (unpaired) electrons. The van der Waals surface area contributed by atoms with Gasteiger partial charge in [0.25, 0.3) is 11.8 Å². The average molecular weight is 410 g/mol. The number of carbonyl (C=O) groups is 2. The first-order chi connectivity index (χ1) is 14.0. The highest BCUT2D eigenvalue weighted by Crippen LogP contribution is 2.31. The number of nitrogens with zero attached hydrogens (tertiary/aromatic N) is 2. The maximum Gasteiger partial charge on any atom is 0.270 e. The number of anilines is 2. The summed E-state index contributed by atoms with van der Waals surface area (Å²) in [5.41, 5.74) is 2.34. The van der Waals surface area contributed by atoms with Crippen molar-refractivity contribution in [1.29, 1.82) is 0 Å². The van der Waals surface area contributed by atoms with Gasteiger partial charge in [-0.2, -0.15) is 0 Å². The molecule has 1 saturated heterocycles. The lowest BCUT2D eigenvalue weighted by molar-refractivity contribution is -0.122. The number of rotatable bonds is 6. The highest BCUT2D eigenvalue weighted by molar-refractivity contribution is 7.80. The number of hydrogen-bond acceptors (Lipinski definition) is 5. The van der Waals surface area contributed by atoms with Gasteiger partial charge in [-0.1, -0.05) is 24.3 Å². The van der Waals surface area contributed by atoms with E-state index in [2.05, 4.69) is 24.1 Å². The summed E-state index contributed by atoms with van der Waals surface area (Å²) in [6.45, 7) is 6.01. The van der Waals surface area contributed by atoms with E-state index >= 15 is 0 Å². The van der Waals surface area contributed by atoms with Gasteiger partial charge in [-0.05, 0) is 62.0 Å². The van der Waals surface area contributed by atoms with Crippen LogP contribution in [0.25, 0.3) is 6.08 Å². The van der Waals surface area contributed by atoms with Crippen molar-refractivity contribution in [2.24, 2.45) is 0 Å². The second-order valence-electron chi connectivity index (χ2n) is 6.39. The molecule has 2 amide bonds. The van der Waals surface area contributed by atoms with Crippen LogP contribution in [0.1, 0.15) is 19.4 Å². The Morgan fingerprint density at radius 2 is 1.72 bits per heavy atom. The molecule has 6 nitrogen and oxygen atoms in total. The minimum atomic E-state index is -0.515. The minimum Gasteiger partial charge on any atom is -0.495 e. The van der Waals surface area contributed by atoms with E-state index in [0.717, 1.165) is 24.3 Å². The normalized spacial score (nSPS) is 15.5. The molecule has 2 aromatic carbocycles. The summed E-state index contributed by atoms with van der Waals surface area (Å²) in [5, 5.41) is 2.62. The molecule has 0 saturated carbocycles. The molecule has 150 valence electrons. The molecule has 1 fully saturated rings. The Bertz CT molecular complexity index is 966. The fourth-order valence-corrected chi connectivity index (χ4v) is 3.50. The van der Waals surface area contributed by atoms with Gasteiger partial charge in [-0.15, -0.1) is 0 Å². The molecular weight excluding hydrogens is 386 g/mol. The van der Waals surface area contributed by atoms with Crippen LogP contribution in [0.4, 0.5) is 11.4 Å². The molecule has 0 aromatic heterocycles. The predicted octanol–water partition coefficient (Wildman–Crippen LogP) is 3.37. The molecule has 0 unspecified atom stereocenters. The summed E-state index contributed by atoms with van der Waals surface area (Å²) < 4.78 is 5.34. The van der Waals surface area contributed by atoms with Gasteiger partial charge in [-0.25, -0.2) is 4.90 Å². The van der Waals surface area contributed by atoms with Crippen LogP contribution < -0.4 is 19.9 Å². The van der Waals surface area contributed by atoms with Crippen LogP contribution in [0, 0.1) is 0 Å². The summed E-state index contributed by atoms with van der Waals surface area (Å²) in [7, 11) is 1.52. The zero-order valence-corrected chi connectivity index (χ0v) is 17.5. The number of methoxy groups -OCH3 is 1. The smallest absolute Gasteiger partial charge is 0.270 e. The van der Waals surface area contributed by atoms with Crippen molar-refractivity contribution in [3.8, 4) is 5.75 Å². The summed E-state index contributed by atoms with van der Waals surface area (Å²) in [6.07, 6.45) is 1.58. The monoisotopic (exact) mass is 409 g/mol. The maximum atomic E-state index is 13.1. The SMILES string of the molecule is CCN(CC)c1ccc(/C=C2/C(=O)NC(=S)N(c3ccccc3OC)C2=O)cc1. The van der Waals surface area contributed by atoms with Gasteiger partial charge in [-0.3, -0.25) is 14.9 Å². The molecule has 1 N–H and O–H groups in total. The average Bonchev–Trinajstić information content (AvgIpc) is 2.73. The summed E-state index contributed by atoms with van der Waals surface area (Å²) in [6, 6.07) is 14.8. The van der Waals surface area contributed by atoms with E-state index in [4.69, 9.17) is 17.0 Å². The number of benzene rings is 2. The summed E-state index contributed by atoms with van der Waals surface area (Å²) in [5.74, 6) is -0.516.